The summed E-state index contributed by atoms with van der Waals surface area (Å²) < 4.78 is 33.7. The maximum Gasteiger partial charge on any atom is 0.255 e. The number of carbonyl (C=O) groups excluding carboxylic acids is 2. The van der Waals surface area contributed by atoms with Gasteiger partial charge in [-0.2, -0.15) is 4.31 Å². The predicted octanol–water partition coefficient (Wildman–Crippen LogP) is 1.39. The van der Waals surface area contributed by atoms with Gasteiger partial charge in [-0.3, -0.25) is 18.8 Å². The Balaban J connectivity index is 1.63. The molecule has 2 heterocycles. The number of hydrogen-bond donors (Lipinski definition) is 2. The van der Waals surface area contributed by atoms with Gasteiger partial charge >= 0.3 is 0 Å². The second-order valence-corrected chi connectivity index (χ2v) is 10.1. The molecule has 188 valence electrons. The summed E-state index contributed by atoms with van der Waals surface area (Å²) in [5, 5.41) is 5.16. The Morgan fingerprint density at radius 1 is 1.11 bits per heavy atom. The normalized spacial score (nSPS) is 12.3. The number of fused-ring (bicyclic) bond motifs is 1. The first-order chi connectivity index (χ1) is 17.1. The zero-order valence-corrected chi connectivity index (χ0v) is 20.8. The number of likely N-dealkylation sites (N-methyl/N-ethyl adjacent to an activating group) is 1. The highest BCUT2D eigenvalue weighted by molar-refractivity contribution is 7.89. The van der Waals surface area contributed by atoms with Crippen LogP contribution < -0.4 is 20.9 Å². The first kappa shape index (κ1) is 27.0. The van der Waals surface area contributed by atoms with Gasteiger partial charge in [-0.1, -0.05) is 18.2 Å². The molecule has 2 amide bonds. The van der Waals surface area contributed by atoms with E-state index in [0.717, 1.165) is 0 Å². The van der Waals surface area contributed by atoms with Crippen LogP contribution in [0.15, 0.2) is 70.5 Å². The van der Waals surface area contributed by atoms with E-state index in [0.29, 0.717) is 30.8 Å². The number of aromatic nitrogens is 1. The number of sulfonamides is 1. The van der Waals surface area contributed by atoms with Gasteiger partial charge in [-0.25, -0.2) is 8.42 Å². The summed E-state index contributed by atoms with van der Waals surface area (Å²) in [6, 6.07) is 13.6. The third kappa shape index (κ3) is 6.73. The fourth-order valence-electron chi connectivity index (χ4n) is 3.36. The molecule has 0 unspecified atom stereocenters. The molecular formula is C24H27BN4O6S. The molecule has 36 heavy (non-hydrogen) atoms. The number of pyridine rings is 2. The lowest BCUT2D eigenvalue weighted by atomic mass is 10.1. The van der Waals surface area contributed by atoms with Gasteiger partial charge < -0.3 is 15.4 Å². The van der Waals surface area contributed by atoms with Gasteiger partial charge in [0.15, 0.2) is 13.7 Å². The van der Waals surface area contributed by atoms with Crippen LogP contribution in [0.2, 0.25) is 0 Å². The molecule has 12 heteroatoms. The first-order valence-corrected chi connectivity index (χ1v) is 12.7. The Hall–Kier alpha value is -3.64. The molecule has 10 nitrogen and oxygen atoms in total. The van der Waals surface area contributed by atoms with Crippen LogP contribution in [0.25, 0.3) is 5.52 Å². The molecular weight excluding hydrogens is 483 g/mol. The molecule has 1 atom stereocenters. The molecule has 2 N–H and O–H groups in total. The molecule has 2 aromatic heterocycles. The number of nitrogens with one attached hydrogen (secondary N) is 2. The van der Waals surface area contributed by atoms with Gasteiger partial charge in [-0.15, -0.1) is 0 Å². The third-order valence-electron chi connectivity index (χ3n) is 5.52. The van der Waals surface area contributed by atoms with Crippen molar-refractivity contribution in [1.29, 1.82) is 0 Å². The van der Waals surface area contributed by atoms with Crippen LogP contribution in [0, 0.1) is 0 Å². The van der Waals surface area contributed by atoms with Crippen LogP contribution in [0.5, 0.6) is 5.75 Å². The van der Waals surface area contributed by atoms with Crippen molar-refractivity contribution in [3.8, 4) is 5.75 Å². The summed E-state index contributed by atoms with van der Waals surface area (Å²) in [7, 11) is 2.74. The number of nitrogens with zero attached hydrogens (tertiary/aromatic N) is 2. The molecule has 0 saturated carbocycles. The monoisotopic (exact) mass is 510 g/mol. The van der Waals surface area contributed by atoms with Crippen LogP contribution >= 0.6 is 0 Å². The van der Waals surface area contributed by atoms with Crippen molar-refractivity contribution in [1.82, 2.24) is 19.3 Å². The summed E-state index contributed by atoms with van der Waals surface area (Å²) in [6.45, 7) is 2.42. The maximum atomic E-state index is 12.8. The molecule has 0 bridgehead atoms. The number of hydrogen-bond acceptors (Lipinski definition) is 6. The number of rotatable bonds is 11. The summed E-state index contributed by atoms with van der Waals surface area (Å²) in [4.78, 5) is 36.2. The van der Waals surface area contributed by atoms with Crippen molar-refractivity contribution in [2.24, 2.45) is 0 Å². The molecule has 0 spiro atoms. The Bertz CT molecular complexity index is 1390. The molecule has 0 aliphatic rings. The smallest absolute Gasteiger partial charge is 0.255 e. The van der Waals surface area contributed by atoms with Crippen LogP contribution in [-0.4, -0.2) is 69.5 Å². The predicted molar refractivity (Wildman–Crippen MR) is 136 cm³/mol. The lowest BCUT2D eigenvalue weighted by Gasteiger charge is -2.24. The average Bonchev–Trinajstić information content (AvgIpc) is 2.86. The summed E-state index contributed by atoms with van der Waals surface area (Å²) in [5.41, 5.74) is 0.231. The minimum absolute atomic E-state index is 0.0537. The topological polar surface area (TPSA) is 126 Å². The molecule has 0 fully saturated rings. The van der Waals surface area contributed by atoms with E-state index in [4.69, 9.17) is 12.6 Å². The molecule has 2 radical (unpaired) electrons. The van der Waals surface area contributed by atoms with E-state index in [-0.39, 0.29) is 17.0 Å². The van der Waals surface area contributed by atoms with Gasteiger partial charge in [0, 0.05) is 43.3 Å². The zero-order valence-electron chi connectivity index (χ0n) is 20.0. The summed E-state index contributed by atoms with van der Waals surface area (Å²) in [6.07, 6.45) is 2.06. The minimum atomic E-state index is -3.71. The SMILES string of the molecule is [B]C(=O)NCCCOc1ccc2cc(C(=O)NC[C@@H](C)N(C)S(=O)(=O)c3ccccc3)cc(=O)n2c1. The van der Waals surface area contributed by atoms with Crippen molar-refractivity contribution in [2.45, 2.75) is 24.3 Å². The Kier molecular flexibility index (Phi) is 8.89. The van der Waals surface area contributed by atoms with E-state index in [1.807, 2.05) is 0 Å². The largest absolute Gasteiger partial charge is 0.492 e. The van der Waals surface area contributed by atoms with Gasteiger partial charge in [-0.05, 0) is 43.7 Å². The fraction of sp³-hybridized carbons (Fsp3) is 0.292. The number of carbonyl (C=O) groups is 2. The van der Waals surface area contributed by atoms with Crippen molar-refractivity contribution < 1.29 is 22.7 Å². The second kappa shape index (κ2) is 11.9. The summed E-state index contributed by atoms with van der Waals surface area (Å²) in [5.74, 6) is -0.641. The number of amides is 2. The minimum Gasteiger partial charge on any atom is -0.492 e. The molecule has 3 aromatic rings. The van der Waals surface area contributed by atoms with Crippen molar-refractivity contribution >= 4 is 35.1 Å². The molecule has 0 saturated heterocycles. The fourth-order valence-corrected chi connectivity index (χ4v) is 4.74. The maximum absolute atomic E-state index is 12.8. The number of ether oxygens (including phenoxy) is 1. The van der Waals surface area contributed by atoms with Gasteiger partial charge in [0.25, 0.3) is 11.5 Å². The van der Waals surface area contributed by atoms with E-state index in [1.54, 1.807) is 43.3 Å². The van der Waals surface area contributed by atoms with Gasteiger partial charge in [0.1, 0.15) is 5.75 Å². The Labute approximate surface area is 210 Å². The van der Waals surface area contributed by atoms with Crippen molar-refractivity contribution in [3.05, 3.63) is 76.7 Å². The van der Waals surface area contributed by atoms with Crippen molar-refractivity contribution in [3.63, 3.8) is 0 Å². The highest BCUT2D eigenvalue weighted by Crippen LogP contribution is 2.16. The van der Waals surface area contributed by atoms with Crippen LogP contribution in [-0.2, 0) is 10.0 Å². The Morgan fingerprint density at radius 2 is 1.83 bits per heavy atom. The molecule has 0 aliphatic carbocycles. The second-order valence-electron chi connectivity index (χ2n) is 8.13. The third-order valence-corrected chi connectivity index (χ3v) is 7.51. The highest BCUT2D eigenvalue weighted by atomic mass is 32.2. The molecule has 1 aromatic carbocycles. The van der Waals surface area contributed by atoms with E-state index < -0.39 is 33.3 Å². The lowest BCUT2D eigenvalue weighted by Crippen LogP contribution is -2.43. The van der Waals surface area contributed by atoms with Crippen LogP contribution in [0.1, 0.15) is 23.7 Å². The standard InChI is InChI=1S/C24H27BN4O6S/c1-17(28(2)36(33,34)21-7-4-3-5-8-21)15-27-23(31)18-13-19-9-10-20(16-29(19)22(30)14-18)35-12-6-11-26-24(25)32/h3-5,7-10,13-14,16-17H,6,11-12,15H2,1-2H3,(H,26,32)(H,27,31)/t17-/m1/s1. The number of benzene rings is 1. The Morgan fingerprint density at radius 3 is 2.53 bits per heavy atom. The quantitative estimate of drug-likeness (QED) is 0.297. The first-order valence-electron chi connectivity index (χ1n) is 11.2. The zero-order chi connectivity index (χ0) is 26.3. The van der Waals surface area contributed by atoms with Crippen LogP contribution in [0.3, 0.4) is 0 Å². The van der Waals surface area contributed by atoms with Gasteiger partial charge in [0.05, 0.1) is 17.7 Å². The van der Waals surface area contributed by atoms with Gasteiger partial charge in [0.2, 0.25) is 10.0 Å². The van der Waals surface area contributed by atoms with E-state index in [9.17, 15) is 22.8 Å². The lowest BCUT2D eigenvalue weighted by molar-refractivity contribution is 0.0946. The van der Waals surface area contributed by atoms with E-state index in [1.165, 1.54) is 40.1 Å². The van der Waals surface area contributed by atoms with Crippen molar-refractivity contribution in [2.75, 3.05) is 26.7 Å². The van der Waals surface area contributed by atoms with Crippen LogP contribution in [0.4, 0.5) is 4.79 Å². The highest BCUT2D eigenvalue weighted by Gasteiger charge is 2.25. The van der Waals surface area contributed by atoms with E-state index >= 15 is 0 Å². The average molecular weight is 510 g/mol. The molecule has 0 aliphatic heterocycles. The van der Waals surface area contributed by atoms with E-state index in [2.05, 4.69) is 10.6 Å². The molecule has 3 rings (SSSR count). The summed E-state index contributed by atoms with van der Waals surface area (Å²) >= 11 is 0.